The lowest BCUT2D eigenvalue weighted by Crippen LogP contribution is -2.24. The predicted molar refractivity (Wildman–Crippen MR) is 66.1 cm³/mol. The van der Waals surface area contributed by atoms with Crippen LogP contribution in [0.4, 0.5) is 0 Å². The molecule has 0 fully saturated rings. The lowest BCUT2D eigenvalue weighted by atomic mass is 10.1. The number of methoxy groups -OCH3 is 1. The van der Waals surface area contributed by atoms with Gasteiger partial charge in [-0.3, -0.25) is 0 Å². The van der Waals surface area contributed by atoms with Crippen molar-refractivity contribution in [1.29, 1.82) is 0 Å². The molecule has 0 unspecified atom stereocenters. The van der Waals surface area contributed by atoms with Gasteiger partial charge in [0.2, 0.25) is 0 Å². The third-order valence-corrected chi connectivity index (χ3v) is 2.59. The quantitative estimate of drug-likeness (QED) is 0.760. The number of hydrogen-bond donors (Lipinski definition) is 0. The molecule has 2 aromatic rings. The van der Waals surface area contributed by atoms with Gasteiger partial charge in [-0.15, -0.1) is 0 Å². The van der Waals surface area contributed by atoms with Gasteiger partial charge in [-0.05, 0) is 18.4 Å². The number of rotatable bonds is 3. The Bertz CT molecular complexity index is 528. The molecule has 2 aromatic carbocycles. The minimum Gasteiger partial charge on any atom is -0.478 e. The zero-order chi connectivity index (χ0) is 12.3. The van der Waals surface area contributed by atoms with Gasteiger partial charge in [-0.2, -0.15) is 0 Å². The van der Waals surface area contributed by atoms with Crippen LogP contribution in [0, 0.1) is 0 Å². The minimum absolute atomic E-state index is 0.377. The van der Waals surface area contributed by atoms with Gasteiger partial charge in [0.15, 0.2) is 6.10 Å². The minimum atomic E-state index is -0.606. The number of fused-ring (bicyclic) bond motifs is 1. The SMILES string of the molecule is COC(=O)[C@@H](C)Oc1cccc2ccccc12. The Hall–Kier alpha value is -2.03. The Kier molecular flexibility index (Phi) is 3.28. The van der Waals surface area contributed by atoms with Gasteiger partial charge in [0.05, 0.1) is 7.11 Å². The lowest BCUT2D eigenvalue weighted by Gasteiger charge is -2.14. The van der Waals surface area contributed by atoms with Gasteiger partial charge in [0, 0.05) is 5.39 Å². The van der Waals surface area contributed by atoms with Crippen molar-refractivity contribution in [2.75, 3.05) is 7.11 Å². The van der Waals surface area contributed by atoms with Crippen LogP contribution in [0.15, 0.2) is 42.5 Å². The third kappa shape index (κ3) is 2.38. The molecular formula is C14H14O3. The second-order valence-electron chi connectivity index (χ2n) is 3.76. The number of carbonyl (C=O) groups is 1. The highest BCUT2D eigenvalue weighted by molar-refractivity contribution is 5.88. The van der Waals surface area contributed by atoms with Crippen LogP contribution in [0.25, 0.3) is 10.8 Å². The molecular weight excluding hydrogens is 216 g/mol. The van der Waals surface area contributed by atoms with Crippen LogP contribution in [-0.2, 0) is 9.53 Å². The molecule has 1 atom stereocenters. The molecule has 0 radical (unpaired) electrons. The van der Waals surface area contributed by atoms with Gasteiger partial charge in [0.25, 0.3) is 0 Å². The maximum atomic E-state index is 11.3. The van der Waals surface area contributed by atoms with Crippen molar-refractivity contribution in [3.05, 3.63) is 42.5 Å². The van der Waals surface area contributed by atoms with Gasteiger partial charge < -0.3 is 9.47 Å². The second-order valence-corrected chi connectivity index (χ2v) is 3.76. The van der Waals surface area contributed by atoms with Gasteiger partial charge in [0.1, 0.15) is 5.75 Å². The van der Waals surface area contributed by atoms with Crippen LogP contribution in [0.5, 0.6) is 5.75 Å². The molecule has 0 aromatic heterocycles. The van der Waals surface area contributed by atoms with E-state index in [0.717, 1.165) is 10.8 Å². The summed E-state index contributed by atoms with van der Waals surface area (Å²) in [4.78, 5) is 11.3. The summed E-state index contributed by atoms with van der Waals surface area (Å²) in [6.07, 6.45) is -0.606. The summed E-state index contributed by atoms with van der Waals surface area (Å²) in [6, 6.07) is 13.6. The highest BCUT2D eigenvalue weighted by Crippen LogP contribution is 2.26. The second kappa shape index (κ2) is 4.87. The zero-order valence-electron chi connectivity index (χ0n) is 9.84. The van der Waals surface area contributed by atoms with E-state index in [2.05, 4.69) is 4.74 Å². The molecule has 2 rings (SSSR count). The molecule has 0 heterocycles. The zero-order valence-corrected chi connectivity index (χ0v) is 9.84. The van der Waals surface area contributed by atoms with Gasteiger partial charge in [-0.1, -0.05) is 36.4 Å². The molecule has 88 valence electrons. The summed E-state index contributed by atoms with van der Waals surface area (Å²) in [5.41, 5.74) is 0. The van der Waals surface area contributed by atoms with Crippen molar-refractivity contribution in [3.8, 4) is 5.75 Å². The number of ether oxygens (including phenoxy) is 2. The summed E-state index contributed by atoms with van der Waals surface area (Å²) in [5, 5.41) is 2.08. The third-order valence-electron chi connectivity index (χ3n) is 2.59. The molecule has 0 saturated heterocycles. The Morgan fingerprint density at radius 3 is 2.59 bits per heavy atom. The first-order valence-corrected chi connectivity index (χ1v) is 5.44. The van der Waals surface area contributed by atoms with Gasteiger partial charge >= 0.3 is 5.97 Å². The molecule has 0 aliphatic heterocycles. The molecule has 0 N–H and O–H groups in total. The summed E-state index contributed by atoms with van der Waals surface area (Å²) < 4.78 is 10.2. The summed E-state index contributed by atoms with van der Waals surface area (Å²) in [7, 11) is 1.35. The number of hydrogen-bond acceptors (Lipinski definition) is 3. The highest BCUT2D eigenvalue weighted by atomic mass is 16.6. The summed E-state index contributed by atoms with van der Waals surface area (Å²) in [5.74, 6) is 0.318. The Labute approximate surface area is 100.0 Å². The van der Waals surface area contributed by atoms with E-state index in [9.17, 15) is 4.79 Å². The largest absolute Gasteiger partial charge is 0.478 e. The first-order chi connectivity index (χ1) is 8.22. The molecule has 0 amide bonds. The Balaban J connectivity index is 2.33. The fourth-order valence-corrected chi connectivity index (χ4v) is 1.70. The molecule has 0 aliphatic rings. The highest BCUT2D eigenvalue weighted by Gasteiger charge is 2.15. The van der Waals surface area contributed by atoms with Crippen LogP contribution < -0.4 is 4.74 Å². The standard InChI is InChI=1S/C14H14O3/c1-10(14(15)16-2)17-13-9-5-7-11-6-3-4-8-12(11)13/h3-10H,1-2H3/t10-/m1/s1. The maximum absolute atomic E-state index is 11.3. The summed E-state index contributed by atoms with van der Waals surface area (Å²) in [6.45, 7) is 1.67. The normalized spacial score (nSPS) is 12.1. The Morgan fingerprint density at radius 1 is 1.12 bits per heavy atom. The van der Waals surface area contributed by atoms with Crippen LogP contribution in [0.2, 0.25) is 0 Å². The van der Waals surface area contributed by atoms with E-state index in [1.165, 1.54) is 7.11 Å². The van der Waals surface area contributed by atoms with E-state index in [1.54, 1.807) is 6.92 Å². The lowest BCUT2D eigenvalue weighted by molar-refractivity contribution is -0.147. The monoisotopic (exact) mass is 230 g/mol. The summed E-state index contributed by atoms with van der Waals surface area (Å²) >= 11 is 0. The fraction of sp³-hybridized carbons (Fsp3) is 0.214. The molecule has 3 nitrogen and oxygen atoms in total. The van der Waals surface area contributed by atoms with Crippen molar-refractivity contribution in [2.24, 2.45) is 0 Å². The topological polar surface area (TPSA) is 35.5 Å². The number of esters is 1. The van der Waals surface area contributed by atoms with Crippen molar-refractivity contribution in [1.82, 2.24) is 0 Å². The average Bonchev–Trinajstić information content (AvgIpc) is 2.38. The van der Waals surface area contributed by atoms with E-state index in [-0.39, 0.29) is 5.97 Å². The van der Waals surface area contributed by atoms with Crippen molar-refractivity contribution in [2.45, 2.75) is 13.0 Å². The fourth-order valence-electron chi connectivity index (χ4n) is 1.70. The Morgan fingerprint density at radius 2 is 1.82 bits per heavy atom. The van der Waals surface area contributed by atoms with Crippen LogP contribution >= 0.6 is 0 Å². The van der Waals surface area contributed by atoms with E-state index in [1.807, 2.05) is 42.5 Å². The van der Waals surface area contributed by atoms with Crippen molar-refractivity contribution in [3.63, 3.8) is 0 Å². The first-order valence-electron chi connectivity index (χ1n) is 5.44. The van der Waals surface area contributed by atoms with Crippen LogP contribution in [0.3, 0.4) is 0 Å². The van der Waals surface area contributed by atoms with Crippen molar-refractivity contribution < 1.29 is 14.3 Å². The van der Waals surface area contributed by atoms with E-state index >= 15 is 0 Å². The first kappa shape index (κ1) is 11.5. The molecule has 3 heteroatoms. The molecule has 0 saturated carbocycles. The molecule has 0 spiro atoms. The molecule has 0 aliphatic carbocycles. The van der Waals surface area contributed by atoms with E-state index in [4.69, 9.17) is 4.74 Å². The van der Waals surface area contributed by atoms with Crippen LogP contribution in [-0.4, -0.2) is 19.2 Å². The predicted octanol–water partition coefficient (Wildman–Crippen LogP) is 2.78. The smallest absolute Gasteiger partial charge is 0.346 e. The van der Waals surface area contributed by atoms with E-state index < -0.39 is 6.10 Å². The van der Waals surface area contributed by atoms with Crippen LogP contribution in [0.1, 0.15) is 6.92 Å². The molecule has 0 bridgehead atoms. The number of benzene rings is 2. The van der Waals surface area contributed by atoms with Gasteiger partial charge in [-0.25, -0.2) is 4.79 Å². The molecule has 17 heavy (non-hydrogen) atoms. The number of carbonyl (C=O) groups excluding carboxylic acids is 1. The van der Waals surface area contributed by atoms with Crippen molar-refractivity contribution >= 4 is 16.7 Å². The maximum Gasteiger partial charge on any atom is 0.346 e. The average molecular weight is 230 g/mol. The van der Waals surface area contributed by atoms with E-state index in [0.29, 0.717) is 5.75 Å².